The maximum absolute atomic E-state index is 14.8. The second kappa shape index (κ2) is 20.5. The number of ether oxygens (including phenoxy) is 3. The molecule has 0 aliphatic rings. The lowest BCUT2D eigenvalue weighted by atomic mass is 9.90. The molecule has 0 aliphatic heterocycles. The Balaban J connectivity index is 2.47. The van der Waals surface area contributed by atoms with Gasteiger partial charge < -0.3 is 19.5 Å². The topological polar surface area (TPSA) is 128 Å². The van der Waals surface area contributed by atoms with Crippen LogP contribution in [-0.2, 0) is 45.1 Å². The quantitative estimate of drug-likeness (QED) is 0.0498. The first-order chi connectivity index (χ1) is 24.8. The van der Waals surface area contributed by atoms with Crippen molar-refractivity contribution in [2.75, 3.05) is 20.0 Å². The lowest BCUT2D eigenvalue weighted by Crippen LogP contribution is -2.61. The summed E-state index contributed by atoms with van der Waals surface area (Å²) in [6.07, 6.45) is -4.94. The van der Waals surface area contributed by atoms with Crippen LogP contribution in [0.15, 0.2) is 60.7 Å². The maximum Gasteiger partial charge on any atom is 0.432 e. The first-order valence-electron chi connectivity index (χ1n) is 17.6. The number of halogens is 6. The Bertz CT molecular complexity index is 1510. The molecule has 0 radical (unpaired) electrons. The van der Waals surface area contributed by atoms with Crippen LogP contribution in [0.1, 0.15) is 95.6 Å². The minimum absolute atomic E-state index is 0.106. The van der Waals surface area contributed by atoms with Crippen LogP contribution in [0.25, 0.3) is 0 Å². The zero-order valence-corrected chi connectivity index (χ0v) is 31.3. The molecule has 0 fully saturated rings. The summed E-state index contributed by atoms with van der Waals surface area (Å²) in [5, 5.41) is 1.89. The molecule has 2 rings (SSSR count). The third-order valence-electron chi connectivity index (χ3n) is 9.06. The van der Waals surface area contributed by atoms with Gasteiger partial charge in [0.2, 0.25) is 0 Å². The number of carbonyl (C=O) groups is 2. The minimum atomic E-state index is -5.45. The van der Waals surface area contributed by atoms with Gasteiger partial charge in [0.25, 0.3) is 27.2 Å². The Morgan fingerprint density at radius 1 is 0.679 bits per heavy atom. The highest BCUT2D eigenvalue weighted by Crippen LogP contribution is 2.44. The van der Waals surface area contributed by atoms with Gasteiger partial charge >= 0.3 is 18.3 Å². The molecule has 0 bridgehead atoms. The predicted molar refractivity (Wildman–Crippen MR) is 186 cm³/mol. The fraction of sp³-hybridized carbons (Fsp3) is 0.622. The zero-order chi connectivity index (χ0) is 39.9. The standard InChI is InChI=1S/C37H51F6NO8S/c1-27(2)20-14-10-8-6-5-7-9-11-19-25-31(52-33(46)35(51-4,37(41,42)43)29-23-17-13-18-24-29)30(26-53(47,48)49)44-32(45)34(50-3,36(38,39)40)28-21-15-12-16-22-28/h12-13,15-18,21-24,27,30-31H,5-11,14,19-20,25-26H2,1-4H3,(H,44,45)(H,47,48,49)/t30?,31?,34-,35-/m1/s1. The van der Waals surface area contributed by atoms with Gasteiger partial charge in [0.1, 0.15) is 6.10 Å². The molecule has 300 valence electrons. The van der Waals surface area contributed by atoms with Crippen LogP contribution in [0.3, 0.4) is 0 Å². The third-order valence-corrected chi connectivity index (χ3v) is 9.84. The number of methoxy groups -OCH3 is 2. The van der Waals surface area contributed by atoms with Crippen LogP contribution >= 0.6 is 0 Å². The summed E-state index contributed by atoms with van der Waals surface area (Å²) in [6.45, 7) is 4.33. The van der Waals surface area contributed by atoms with Gasteiger partial charge in [-0.15, -0.1) is 0 Å². The average Bonchev–Trinajstić information content (AvgIpc) is 3.06. The first-order valence-corrected chi connectivity index (χ1v) is 19.2. The van der Waals surface area contributed by atoms with E-state index in [1.54, 1.807) is 0 Å². The third kappa shape index (κ3) is 12.7. The number of amides is 1. The van der Waals surface area contributed by atoms with Gasteiger partial charge in [0, 0.05) is 25.3 Å². The number of benzene rings is 2. The van der Waals surface area contributed by atoms with Gasteiger partial charge in [-0.1, -0.05) is 132 Å². The van der Waals surface area contributed by atoms with E-state index in [2.05, 4.69) is 13.8 Å². The van der Waals surface area contributed by atoms with Crippen molar-refractivity contribution in [2.24, 2.45) is 5.92 Å². The molecule has 0 saturated carbocycles. The minimum Gasteiger partial charge on any atom is -0.457 e. The molecule has 2 aromatic rings. The van der Waals surface area contributed by atoms with E-state index in [-0.39, 0.29) is 6.42 Å². The van der Waals surface area contributed by atoms with Crippen molar-refractivity contribution in [3.05, 3.63) is 71.8 Å². The number of alkyl halides is 6. The van der Waals surface area contributed by atoms with Crippen LogP contribution in [0.2, 0.25) is 0 Å². The van der Waals surface area contributed by atoms with Crippen molar-refractivity contribution in [2.45, 2.75) is 120 Å². The number of carbonyl (C=O) groups excluding carboxylic acids is 2. The smallest absolute Gasteiger partial charge is 0.432 e. The predicted octanol–water partition coefficient (Wildman–Crippen LogP) is 8.43. The molecule has 2 aromatic carbocycles. The lowest BCUT2D eigenvalue weighted by Gasteiger charge is -2.37. The van der Waals surface area contributed by atoms with Gasteiger partial charge in [-0.2, -0.15) is 34.8 Å². The van der Waals surface area contributed by atoms with Crippen molar-refractivity contribution in [3.8, 4) is 0 Å². The fourth-order valence-corrected chi connectivity index (χ4v) is 7.00. The van der Waals surface area contributed by atoms with E-state index in [1.807, 2.05) is 5.32 Å². The molecule has 4 atom stereocenters. The zero-order valence-electron chi connectivity index (χ0n) is 30.5. The van der Waals surface area contributed by atoms with Gasteiger partial charge in [0.15, 0.2) is 0 Å². The Morgan fingerprint density at radius 2 is 1.08 bits per heavy atom. The Labute approximate surface area is 307 Å². The molecule has 0 aromatic heterocycles. The van der Waals surface area contributed by atoms with Crippen LogP contribution < -0.4 is 5.32 Å². The van der Waals surface area contributed by atoms with Crippen LogP contribution in [0.5, 0.6) is 0 Å². The summed E-state index contributed by atoms with van der Waals surface area (Å²) >= 11 is 0. The van der Waals surface area contributed by atoms with E-state index < -0.39 is 81.0 Å². The molecule has 2 N–H and O–H groups in total. The molecule has 0 spiro atoms. The SMILES string of the molecule is CO[C@@](C(=O)NC(CS(=O)(=O)O)C(CCCCCCCCCCCC(C)C)OC(=O)[C@](OC)(c1ccccc1)C(F)(F)F)(c1ccccc1)C(F)(F)F. The van der Waals surface area contributed by atoms with Crippen molar-refractivity contribution in [1.82, 2.24) is 5.32 Å². The lowest BCUT2D eigenvalue weighted by molar-refractivity contribution is -0.279. The van der Waals surface area contributed by atoms with Crippen LogP contribution in [0, 0.1) is 5.92 Å². The molecule has 2 unspecified atom stereocenters. The number of rotatable bonds is 23. The number of nitrogens with one attached hydrogen (secondary N) is 1. The monoisotopic (exact) mass is 783 g/mol. The summed E-state index contributed by atoms with van der Waals surface area (Å²) in [4.78, 5) is 27.3. The number of hydrogen-bond donors (Lipinski definition) is 2. The van der Waals surface area contributed by atoms with Crippen LogP contribution in [0.4, 0.5) is 26.3 Å². The molecule has 0 heterocycles. The van der Waals surface area contributed by atoms with Crippen molar-refractivity contribution < 1.29 is 63.1 Å². The molecular weight excluding hydrogens is 732 g/mol. The number of unbranched alkanes of at least 4 members (excludes halogenated alkanes) is 8. The number of hydrogen-bond acceptors (Lipinski definition) is 7. The fourth-order valence-electron chi connectivity index (χ4n) is 6.25. The van der Waals surface area contributed by atoms with E-state index in [4.69, 9.17) is 14.2 Å². The normalized spacial score (nSPS) is 16.0. The summed E-state index contributed by atoms with van der Waals surface area (Å²) in [7, 11) is -3.96. The second-order valence-electron chi connectivity index (χ2n) is 13.4. The highest BCUT2D eigenvalue weighted by atomic mass is 32.2. The largest absolute Gasteiger partial charge is 0.457 e. The van der Waals surface area contributed by atoms with Gasteiger partial charge in [-0.25, -0.2) is 4.79 Å². The van der Waals surface area contributed by atoms with E-state index in [0.717, 1.165) is 69.2 Å². The number of esters is 1. The molecular formula is C37H51F6NO8S. The van der Waals surface area contributed by atoms with E-state index in [9.17, 15) is 48.9 Å². The van der Waals surface area contributed by atoms with Gasteiger partial charge in [-0.3, -0.25) is 9.35 Å². The van der Waals surface area contributed by atoms with E-state index >= 15 is 0 Å². The highest BCUT2D eigenvalue weighted by Gasteiger charge is 2.65. The second-order valence-corrected chi connectivity index (χ2v) is 14.9. The summed E-state index contributed by atoms with van der Waals surface area (Å²) in [5.41, 5.74) is -8.88. The first kappa shape index (κ1) is 45.9. The molecule has 16 heteroatoms. The van der Waals surface area contributed by atoms with Crippen molar-refractivity contribution >= 4 is 22.0 Å². The molecule has 0 aliphatic carbocycles. The molecule has 0 saturated heterocycles. The van der Waals surface area contributed by atoms with Crippen molar-refractivity contribution in [1.29, 1.82) is 0 Å². The Kier molecular flexibility index (Phi) is 17.7. The molecule has 53 heavy (non-hydrogen) atoms. The molecule has 9 nitrogen and oxygen atoms in total. The highest BCUT2D eigenvalue weighted by molar-refractivity contribution is 7.85. The summed E-state index contributed by atoms with van der Waals surface area (Å²) in [5.74, 6) is -4.90. The van der Waals surface area contributed by atoms with Gasteiger partial charge in [-0.05, 0) is 18.8 Å². The summed E-state index contributed by atoms with van der Waals surface area (Å²) in [6, 6.07) is 9.16. The Morgan fingerprint density at radius 3 is 1.45 bits per heavy atom. The van der Waals surface area contributed by atoms with Crippen LogP contribution in [-0.4, -0.2) is 69.3 Å². The average molecular weight is 784 g/mol. The summed E-state index contributed by atoms with van der Waals surface area (Å²) < 4.78 is 138. The molecule has 1 amide bonds. The van der Waals surface area contributed by atoms with Crippen molar-refractivity contribution in [3.63, 3.8) is 0 Å². The Hall–Kier alpha value is -3.21. The van der Waals surface area contributed by atoms with Gasteiger partial charge in [0.05, 0.1) is 11.8 Å². The van der Waals surface area contributed by atoms with E-state index in [1.165, 1.54) is 36.4 Å². The maximum atomic E-state index is 14.8. The van der Waals surface area contributed by atoms with E-state index in [0.29, 0.717) is 33.0 Å².